The zero-order valence-electron chi connectivity index (χ0n) is 23.8. The van der Waals surface area contributed by atoms with E-state index in [1.165, 1.54) is 12.3 Å². The van der Waals surface area contributed by atoms with E-state index in [0.717, 1.165) is 38.9 Å². The maximum atomic E-state index is 12.2. The summed E-state index contributed by atoms with van der Waals surface area (Å²) >= 11 is 0. The van der Waals surface area contributed by atoms with Gasteiger partial charge in [-0.2, -0.15) is 0 Å². The van der Waals surface area contributed by atoms with Crippen molar-refractivity contribution >= 4 is 0 Å². The fourth-order valence-electron chi connectivity index (χ4n) is 5.90. The van der Waals surface area contributed by atoms with Crippen LogP contribution in [0.2, 0.25) is 0 Å². The van der Waals surface area contributed by atoms with E-state index in [0.29, 0.717) is 12.4 Å². The Morgan fingerprint density at radius 3 is 1.70 bits per heavy atom. The van der Waals surface area contributed by atoms with Crippen LogP contribution in [0.4, 0.5) is 0 Å². The summed E-state index contributed by atoms with van der Waals surface area (Å²) in [6.07, 6.45) is 3.07. The van der Waals surface area contributed by atoms with E-state index in [-0.39, 0.29) is 5.56 Å². The summed E-state index contributed by atoms with van der Waals surface area (Å²) in [7, 11) is 0. The van der Waals surface area contributed by atoms with E-state index in [4.69, 9.17) is 5.21 Å². The van der Waals surface area contributed by atoms with Gasteiger partial charge in [-0.1, -0.05) is 140 Å². The molecule has 7 rings (SSSR count). The molecule has 0 fully saturated rings. The SMILES string of the molecule is O=c1ccncn1Cc1ccc(-c2ccccc2-c2nnnn2C(c2ccccc2)(c2ccccc2)c2ccccc2)cc1. The molecule has 0 aliphatic carbocycles. The van der Waals surface area contributed by atoms with Gasteiger partial charge in [-0.15, -0.1) is 5.10 Å². The molecule has 0 saturated carbocycles. The molecule has 0 spiro atoms. The van der Waals surface area contributed by atoms with Crippen molar-refractivity contribution in [2.45, 2.75) is 12.1 Å². The zero-order chi connectivity index (χ0) is 29.8. The normalized spacial score (nSPS) is 11.4. The zero-order valence-corrected chi connectivity index (χ0v) is 23.8. The molecule has 0 amide bonds. The number of tetrazole rings is 1. The molecule has 7 nitrogen and oxygen atoms in total. The molecule has 7 aromatic rings. The van der Waals surface area contributed by atoms with Gasteiger partial charge in [-0.25, -0.2) is 9.67 Å². The third-order valence-corrected chi connectivity index (χ3v) is 7.94. The first-order valence-corrected chi connectivity index (χ1v) is 14.4. The largest absolute Gasteiger partial charge is 0.295 e. The molecule has 2 aromatic heterocycles. The van der Waals surface area contributed by atoms with Gasteiger partial charge in [-0.05, 0) is 43.8 Å². The Labute approximate surface area is 254 Å². The predicted molar refractivity (Wildman–Crippen MR) is 171 cm³/mol. The van der Waals surface area contributed by atoms with Crippen LogP contribution in [0.15, 0.2) is 163 Å². The number of hydrogen-bond donors (Lipinski definition) is 0. The summed E-state index contributed by atoms with van der Waals surface area (Å²) in [6, 6.07) is 49.0. The second-order valence-electron chi connectivity index (χ2n) is 10.5. The van der Waals surface area contributed by atoms with Gasteiger partial charge in [0.25, 0.3) is 5.56 Å². The van der Waals surface area contributed by atoms with E-state index in [1.807, 2.05) is 47.1 Å². The topological polar surface area (TPSA) is 78.5 Å². The van der Waals surface area contributed by atoms with Crippen molar-refractivity contribution in [1.29, 1.82) is 0 Å². The minimum absolute atomic E-state index is 0.0833. The second kappa shape index (κ2) is 11.7. The molecule has 0 N–H and O–H groups in total. The van der Waals surface area contributed by atoms with Crippen molar-refractivity contribution in [3.8, 4) is 22.5 Å². The summed E-state index contributed by atoms with van der Waals surface area (Å²) in [6.45, 7) is 0.445. The third kappa shape index (κ3) is 4.80. The van der Waals surface area contributed by atoms with Crippen LogP contribution >= 0.6 is 0 Å². The molecule has 0 atom stereocenters. The van der Waals surface area contributed by atoms with Gasteiger partial charge in [0.2, 0.25) is 0 Å². The van der Waals surface area contributed by atoms with Gasteiger partial charge in [0.15, 0.2) is 5.82 Å². The minimum atomic E-state index is -0.851. The van der Waals surface area contributed by atoms with Gasteiger partial charge in [-0.3, -0.25) is 9.36 Å². The molecular formula is C37H28N6O. The quantitative estimate of drug-likeness (QED) is 0.196. The Morgan fingerprint density at radius 2 is 1.14 bits per heavy atom. The van der Waals surface area contributed by atoms with Gasteiger partial charge in [0, 0.05) is 17.8 Å². The van der Waals surface area contributed by atoms with E-state index in [9.17, 15) is 4.79 Å². The number of aromatic nitrogens is 6. The van der Waals surface area contributed by atoms with Crippen LogP contribution in [0.3, 0.4) is 0 Å². The van der Waals surface area contributed by atoms with Crippen molar-refractivity contribution in [2.75, 3.05) is 0 Å². The number of rotatable bonds is 8. The highest BCUT2D eigenvalue weighted by atomic mass is 16.1. The lowest BCUT2D eigenvalue weighted by Gasteiger charge is -2.36. The predicted octanol–water partition coefficient (Wildman–Crippen LogP) is 6.45. The van der Waals surface area contributed by atoms with Gasteiger partial charge in [0.05, 0.1) is 12.9 Å². The Balaban J connectivity index is 1.40. The first-order chi connectivity index (χ1) is 21.7. The van der Waals surface area contributed by atoms with Crippen molar-refractivity contribution in [1.82, 2.24) is 29.8 Å². The van der Waals surface area contributed by atoms with Crippen LogP contribution in [0.1, 0.15) is 22.3 Å². The number of benzene rings is 5. The Morgan fingerprint density at radius 1 is 0.591 bits per heavy atom. The van der Waals surface area contributed by atoms with Crippen molar-refractivity contribution in [3.05, 3.63) is 191 Å². The average Bonchev–Trinajstić information content (AvgIpc) is 3.58. The molecule has 0 unspecified atom stereocenters. The molecule has 5 aromatic carbocycles. The standard InChI is InChI=1S/C37H28N6O/c44-35-24-25-38-27-42(35)26-28-20-22-29(23-21-28)33-18-10-11-19-34(33)36-39-40-41-43(36)37(30-12-4-1-5-13-30,31-14-6-2-7-15-31)32-16-8-3-9-17-32/h1-25,27H,26H2. The highest BCUT2D eigenvalue weighted by Gasteiger charge is 2.42. The fourth-order valence-corrected chi connectivity index (χ4v) is 5.90. The summed E-state index contributed by atoms with van der Waals surface area (Å²) in [5.74, 6) is 0.642. The maximum absolute atomic E-state index is 12.2. The smallest absolute Gasteiger partial charge is 0.253 e. The maximum Gasteiger partial charge on any atom is 0.253 e. The van der Waals surface area contributed by atoms with E-state index < -0.39 is 5.54 Å². The Bertz CT molecular complexity index is 1960. The monoisotopic (exact) mass is 572 g/mol. The van der Waals surface area contributed by atoms with Crippen molar-refractivity contribution in [2.24, 2.45) is 0 Å². The van der Waals surface area contributed by atoms with Gasteiger partial charge >= 0.3 is 0 Å². The molecule has 0 saturated heterocycles. The van der Waals surface area contributed by atoms with Crippen LogP contribution in [0.25, 0.3) is 22.5 Å². The highest BCUT2D eigenvalue weighted by Crippen LogP contribution is 2.43. The Kier molecular flexibility index (Phi) is 7.18. The van der Waals surface area contributed by atoms with Crippen molar-refractivity contribution < 1.29 is 0 Å². The fraction of sp³-hybridized carbons (Fsp3) is 0.0541. The van der Waals surface area contributed by atoms with Crippen LogP contribution < -0.4 is 5.56 Å². The second-order valence-corrected chi connectivity index (χ2v) is 10.5. The summed E-state index contributed by atoms with van der Waals surface area (Å²) < 4.78 is 3.54. The molecule has 0 aliphatic heterocycles. The third-order valence-electron chi connectivity index (χ3n) is 7.94. The number of nitrogens with zero attached hydrogens (tertiary/aromatic N) is 6. The van der Waals surface area contributed by atoms with Gasteiger partial charge < -0.3 is 0 Å². The lowest BCUT2D eigenvalue weighted by atomic mass is 9.77. The molecular weight excluding hydrogens is 544 g/mol. The van der Waals surface area contributed by atoms with Crippen molar-refractivity contribution in [3.63, 3.8) is 0 Å². The molecule has 0 bridgehead atoms. The summed E-state index contributed by atoms with van der Waals surface area (Å²) in [5.41, 5.74) is 6.11. The van der Waals surface area contributed by atoms with Crippen LogP contribution in [-0.4, -0.2) is 29.8 Å². The molecule has 0 aliphatic rings. The molecule has 7 heteroatoms. The molecule has 212 valence electrons. The van der Waals surface area contributed by atoms with E-state index >= 15 is 0 Å². The molecule has 2 heterocycles. The molecule has 44 heavy (non-hydrogen) atoms. The van der Waals surface area contributed by atoms with Crippen LogP contribution in [0.5, 0.6) is 0 Å². The highest BCUT2D eigenvalue weighted by molar-refractivity contribution is 5.81. The first-order valence-electron chi connectivity index (χ1n) is 14.4. The van der Waals surface area contributed by atoms with E-state index in [2.05, 4.69) is 112 Å². The van der Waals surface area contributed by atoms with Gasteiger partial charge in [0.1, 0.15) is 5.54 Å². The summed E-state index contributed by atoms with van der Waals surface area (Å²) in [4.78, 5) is 16.3. The first kappa shape index (κ1) is 26.9. The van der Waals surface area contributed by atoms with E-state index in [1.54, 1.807) is 10.9 Å². The number of hydrogen-bond acceptors (Lipinski definition) is 5. The van der Waals surface area contributed by atoms with Crippen LogP contribution in [-0.2, 0) is 12.1 Å². The average molecular weight is 573 g/mol. The lowest BCUT2D eigenvalue weighted by Crippen LogP contribution is -2.39. The Hall–Kier alpha value is -5.95. The van der Waals surface area contributed by atoms with Crippen LogP contribution in [0, 0.1) is 0 Å². The molecule has 0 radical (unpaired) electrons. The lowest BCUT2D eigenvalue weighted by molar-refractivity contribution is 0.451. The summed E-state index contributed by atoms with van der Waals surface area (Å²) in [5, 5.41) is 13.6. The minimum Gasteiger partial charge on any atom is -0.295 e.